The average Bonchev–Trinajstić information content (AvgIpc) is 3.97. The van der Waals surface area contributed by atoms with Gasteiger partial charge in [-0.2, -0.15) is 13.2 Å². The lowest BCUT2D eigenvalue weighted by atomic mass is 9.97. The zero-order chi connectivity index (χ0) is 43.5. The van der Waals surface area contributed by atoms with Crippen LogP contribution in [0.2, 0.25) is 0 Å². The number of aromatic amines is 2. The number of hydrogen-bond donors (Lipinski definition) is 2. The predicted octanol–water partition coefficient (Wildman–Crippen LogP) is 7.83. The normalized spacial score (nSPS) is 15.7. The van der Waals surface area contributed by atoms with Gasteiger partial charge in [0, 0.05) is 83.5 Å². The van der Waals surface area contributed by atoms with Crippen molar-refractivity contribution in [3.8, 4) is 33.6 Å². The number of alkyl halides is 3. The largest absolute Gasteiger partial charge is 0.450 e. The number of carbonyl (C=O) groups is 4. The molecule has 0 aliphatic carbocycles. The predicted molar refractivity (Wildman–Crippen MR) is 222 cm³/mol. The smallest absolute Gasteiger partial charge is 0.409 e. The van der Waals surface area contributed by atoms with Crippen LogP contribution in [-0.4, -0.2) is 135 Å². The van der Waals surface area contributed by atoms with E-state index < -0.39 is 24.6 Å². The Balaban J connectivity index is 1.06. The minimum Gasteiger partial charge on any atom is -0.450 e. The minimum absolute atomic E-state index is 0.0421. The molecule has 0 spiro atoms. The Hall–Kier alpha value is -5.87. The summed E-state index contributed by atoms with van der Waals surface area (Å²) in [5.74, 6) is -0.0104. The molecule has 17 heteroatoms. The summed E-state index contributed by atoms with van der Waals surface area (Å²) >= 11 is 0. The highest BCUT2D eigenvalue weighted by atomic mass is 19.4. The number of aromatic nitrogens is 4. The van der Waals surface area contributed by atoms with Crippen molar-refractivity contribution >= 4 is 24.0 Å². The van der Waals surface area contributed by atoms with Crippen molar-refractivity contribution < 1.29 is 41.8 Å². The highest BCUT2D eigenvalue weighted by molar-refractivity contribution is 5.79. The molecule has 2 aromatic heterocycles. The lowest BCUT2D eigenvalue weighted by molar-refractivity contribution is -0.139. The number of H-pyrrole nitrogens is 2. The third-order valence-corrected chi connectivity index (χ3v) is 11.3. The van der Waals surface area contributed by atoms with Gasteiger partial charge in [0.2, 0.25) is 11.8 Å². The van der Waals surface area contributed by atoms with Crippen LogP contribution in [0.15, 0.2) is 60.9 Å². The van der Waals surface area contributed by atoms with E-state index in [1.54, 1.807) is 36.0 Å². The van der Waals surface area contributed by atoms with Gasteiger partial charge in [0.05, 0.1) is 37.0 Å². The topological polar surface area (TPSA) is 157 Å². The number of piperazine rings is 2. The summed E-state index contributed by atoms with van der Waals surface area (Å²) in [6.07, 6.45) is -1.28. The molecule has 0 radical (unpaired) electrons. The molecule has 2 aromatic carbocycles. The number of ether oxygens (including phenoxy) is 2. The third kappa shape index (κ3) is 11.9. The van der Waals surface area contributed by atoms with E-state index in [1.807, 2.05) is 53.4 Å². The Morgan fingerprint density at radius 2 is 0.951 bits per heavy atom. The molecule has 2 N–H and O–H groups in total. The maximum absolute atomic E-state index is 13.3. The van der Waals surface area contributed by atoms with Gasteiger partial charge >= 0.3 is 18.4 Å². The number of rotatable bonds is 15. The van der Waals surface area contributed by atoms with E-state index in [1.165, 1.54) is 4.90 Å². The number of halogens is 3. The highest BCUT2D eigenvalue weighted by Crippen LogP contribution is 2.33. The van der Waals surface area contributed by atoms with Crippen LogP contribution in [0.5, 0.6) is 0 Å². The number of imidazole rings is 2. The summed E-state index contributed by atoms with van der Waals surface area (Å²) in [7, 11) is 0. The van der Waals surface area contributed by atoms with Crippen LogP contribution in [0.3, 0.4) is 0 Å². The number of hydrogen-bond acceptors (Lipinski definition) is 8. The Morgan fingerprint density at radius 1 is 0.590 bits per heavy atom. The fourth-order valence-electron chi connectivity index (χ4n) is 7.81. The molecule has 2 atom stereocenters. The van der Waals surface area contributed by atoms with Crippen molar-refractivity contribution in [2.24, 2.45) is 0 Å². The van der Waals surface area contributed by atoms with Crippen LogP contribution in [0, 0.1) is 0 Å². The highest BCUT2D eigenvalue weighted by Gasteiger charge is 2.33. The van der Waals surface area contributed by atoms with Crippen molar-refractivity contribution in [3.63, 3.8) is 0 Å². The van der Waals surface area contributed by atoms with Gasteiger partial charge in [-0.05, 0) is 48.9 Å². The second-order valence-corrected chi connectivity index (χ2v) is 15.4. The molecule has 2 aliphatic heterocycles. The van der Waals surface area contributed by atoms with Gasteiger partial charge in [0.15, 0.2) is 0 Å². The zero-order valence-electron chi connectivity index (χ0n) is 35.0. The van der Waals surface area contributed by atoms with E-state index in [9.17, 15) is 32.3 Å². The van der Waals surface area contributed by atoms with Gasteiger partial charge in [0.25, 0.3) is 0 Å². The first-order valence-electron chi connectivity index (χ1n) is 21.1. The fraction of sp³-hybridized carbons (Fsp3) is 0.500. The molecule has 61 heavy (non-hydrogen) atoms. The van der Waals surface area contributed by atoms with Crippen LogP contribution in [-0.2, 0) is 19.1 Å². The van der Waals surface area contributed by atoms with Gasteiger partial charge in [-0.25, -0.2) is 19.6 Å². The summed E-state index contributed by atoms with van der Waals surface area (Å²) in [6, 6.07) is 15.8. The Labute approximate surface area is 353 Å². The van der Waals surface area contributed by atoms with Crippen LogP contribution < -0.4 is 0 Å². The summed E-state index contributed by atoms with van der Waals surface area (Å²) in [4.78, 5) is 73.0. The van der Waals surface area contributed by atoms with E-state index in [4.69, 9.17) is 9.47 Å². The van der Waals surface area contributed by atoms with Gasteiger partial charge in [0.1, 0.15) is 11.6 Å². The quantitative estimate of drug-likeness (QED) is 0.123. The summed E-state index contributed by atoms with van der Waals surface area (Å²) in [5.41, 5.74) is 5.14. The van der Waals surface area contributed by atoms with Gasteiger partial charge < -0.3 is 39.0 Å². The maximum Gasteiger partial charge on any atom is 0.409 e. The Kier molecular flexibility index (Phi) is 15.1. The van der Waals surface area contributed by atoms with Crippen molar-refractivity contribution in [3.05, 3.63) is 72.6 Å². The Bertz CT molecular complexity index is 2070. The molecule has 14 nitrogen and oxygen atoms in total. The standard InChI is InChI=1S/C44H55F3N8O6/c1-4-7-34(26-38(56)52-18-22-54(23-19-52)42(58)60-5-2)40-48-28-36(50-40)32-12-8-30(9-13-32)31-10-14-33(15-11-31)37-29-49-41(51-37)35(16-17-44(45,46)47)27-39(57)53-20-24-55(25-21-53)43(59)61-6-3/h8-15,28-29,34-35H,4-7,16-27H2,1-3H3,(H,48,50)(H,49,51)/t34-,35-/m1/s1. The molecule has 4 aromatic rings. The SMILES string of the molecule is CCC[C@H](CC(=O)N1CCN(C(=O)OCC)CC1)c1ncc(-c2ccc(-c3ccc(-c4cnc([C@H](CCC(F)(F)F)CC(=O)N5CCN(C(=O)OCC)CC5)[nH]4)cc3)cc2)[nH]1. The minimum atomic E-state index is -4.39. The molecule has 0 saturated carbocycles. The first kappa shape index (κ1) is 44.7. The molecular weight excluding hydrogens is 794 g/mol. The number of nitrogens with one attached hydrogen (secondary N) is 2. The molecule has 0 bridgehead atoms. The van der Waals surface area contributed by atoms with Crippen LogP contribution >= 0.6 is 0 Å². The van der Waals surface area contributed by atoms with Crippen molar-refractivity contribution in [1.82, 2.24) is 39.5 Å². The van der Waals surface area contributed by atoms with Gasteiger partial charge in [-0.15, -0.1) is 0 Å². The van der Waals surface area contributed by atoms with Crippen LogP contribution in [0.4, 0.5) is 22.8 Å². The number of carbonyl (C=O) groups excluding carboxylic acids is 4. The van der Waals surface area contributed by atoms with Gasteiger partial charge in [-0.1, -0.05) is 61.9 Å². The summed E-state index contributed by atoms with van der Waals surface area (Å²) < 4.78 is 50.2. The van der Waals surface area contributed by atoms with Crippen LogP contribution in [0.25, 0.3) is 33.6 Å². The molecule has 328 valence electrons. The van der Waals surface area contributed by atoms with Crippen molar-refractivity contribution in [2.75, 3.05) is 65.6 Å². The second-order valence-electron chi connectivity index (χ2n) is 15.4. The van der Waals surface area contributed by atoms with E-state index in [-0.39, 0.29) is 56.4 Å². The third-order valence-electron chi connectivity index (χ3n) is 11.3. The van der Waals surface area contributed by atoms with Gasteiger partial charge in [-0.3, -0.25) is 9.59 Å². The molecule has 4 heterocycles. The van der Waals surface area contributed by atoms with Crippen molar-refractivity contribution in [2.45, 2.75) is 77.3 Å². The van der Waals surface area contributed by atoms with E-state index >= 15 is 0 Å². The lowest BCUT2D eigenvalue weighted by Crippen LogP contribution is -2.51. The molecule has 2 saturated heterocycles. The second kappa shape index (κ2) is 20.6. The first-order valence-corrected chi connectivity index (χ1v) is 21.1. The van der Waals surface area contributed by atoms with Crippen LogP contribution in [0.1, 0.15) is 82.8 Å². The van der Waals surface area contributed by atoms with Crippen molar-refractivity contribution in [1.29, 1.82) is 0 Å². The Morgan fingerprint density at radius 3 is 1.31 bits per heavy atom. The summed E-state index contributed by atoms with van der Waals surface area (Å²) in [5, 5.41) is 0. The number of amides is 4. The number of benzene rings is 2. The summed E-state index contributed by atoms with van der Waals surface area (Å²) in [6.45, 7) is 9.10. The fourth-order valence-corrected chi connectivity index (χ4v) is 7.81. The molecule has 2 fully saturated rings. The molecule has 6 rings (SSSR count). The molecule has 2 aliphatic rings. The molecule has 0 unspecified atom stereocenters. The lowest BCUT2D eigenvalue weighted by Gasteiger charge is -2.34. The maximum atomic E-state index is 13.3. The molecule has 4 amide bonds. The zero-order valence-corrected chi connectivity index (χ0v) is 35.0. The van der Waals surface area contributed by atoms with E-state index in [0.29, 0.717) is 63.8 Å². The average molecular weight is 849 g/mol. The van der Waals surface area contributed by atoms with E-state index in [2.05, 4.69) is 26.9 Å². The first-order chi connectivity index (χ1) is 29.3. The molecular formula is C44H55F3N8O6. The van der Waals surface area contributed by atoms with E-state index in [0.717, 1.165) is 46.6 Å². The monoisotopic (exact) mass is 848 g/mol. The number of nitrogens with zero attached hydrogens (tertiary/aromatic N) is 6.